The quantitative estimate of drug-likeness (QED) is 0.677. The summed E-state index contributed by atoms with van der Waals surface area (Å²) in [5.41, 5.74) is 8.85. The minimum Gasteiger partial charge on any atom is -0.298 e. The van der Waals surface area contributed by atoms with Crippen LogP contribution >= 0.6 is 0 Å². The second kappa shape index (κ2) is 2.70. The Labute approximate surface area is 86.3 Å². The summed E-state index contributed by atoms with van der Waals surface area (Å²) in [5, 5.41) is 0.895. The van der Waals surface area contributed by atoms with Crippen molar-refractivity contribution >= 4 is 22.5 Å². The first-order valence-corrected chi connectivity index (χ1v) is 4.72. The van der Waals surface area contributed by atoms with Gasteiger partial charge in [-0.25, -0.2) is 0 Å². The van der Waals surface area contributed by atoms with Gasteiger partial charge in [-0.2, -0.15) is 0 Å². The van der Waals surface area contributed by atoms with E-state index in [4.69, 9.17) is 0 Å². The van der Waals surface area contributed by atoms with E-state index in [-0.39, 0.29) is 5.91 Å². The van der Waals surface area contributed by atoms with E-state index in [2.05, 4.69) is 15.8 Å². The fourth-order valence-electron chi connectivity index (χ4n) is 1.90. The van der Waals surface area contributed by atoms with Crippen molar-refractivity contribution in [3.05, 3.63) is 35.5 Å². The molecular formula is C11H9N3O. The Morgan fingerprint density at radius 1 is 1.27 bits per heavy atom. The van der Waals surface area contributed by atoms with Gasteiger partial charge in [0.25, 0.3) is 5.91 Å². The third-order valence-electron chi connectivity index (χ3n) is 2.52. The summed E-state index contributed by atoms with van der Waals surface area (Å²) in [4.78, 5) is 15.9. The maximum absolute atomic E-state index is 11.6. The molecule has 2 aromatic rings. The van der Waals surface area contributed by atoms with Crippen molar-refractivity contribution in [2.75, 3.05) is 5.43 Å². The van der Waals surface area contributed by atoms with Crippen molar-refractivity contribution in [3.63, 3.8) is 0 Å². The molecule has 2 heterocycles. The molecule has 0 aliphatic carbocycles. The number of rotatable bonds is 0. The molecule has 1 aromatic heterocycles. The van der Waals surface area contributed by atoms with Crippen LogP contribution in [0.15, 0.2) is 24.3 Å². The fraction of sp³-hybridized carbons (Fsp3) is 0.0909. The van der Waals surface area contributed by atoms with Gasteiger partial charge in [-0.15, -0.1) is 0 Å². The number of hydrogen-bond donors (Lipinski definition) is 2. The molecule has 1 aliphatic heterocycles. The summed E-state index contributed by atoms with van der Waals surface area (Å²) in [6, 6.07) is 7.48. The molecule has 1 aromatic carbocycles. The number of nitrogens with one attached hydrogen (secondary N) is 2. The maximum atomic E-state index is 11.6. The molecule has 74 valence electrons. The minimum absolute atomic E-state index is 0.112. The van der Waals surface area contributed by atoms with Crippen LogP contribution in [0.3, 0.4) is 0 Å². The third kappa shape index (κ3) is 1.08. The highest BCUT2D eigenvalue weighted by molar-refractivity contribution is 6.13. The number of aromatic nitrogens is 1. The van der Waals surface area contributed by atoms with Crippen LogP contribution in [-0.4, -0.2) is 10.9 Å². The number of anilines is 1. The lowest BCUT2D eigenvalue weighted by Gasteiger charge is -2.19. The largest absolute Gasteiger partial charge is 0.298 e. The summed E-state index contributed by atoms with van der Waals surface area (Å²) in [7, 11) is 0. The molecule has 1 aliphatic rings. The standard InChI is InChI=1S/C11H9N3O/c1-6-5-9-10-7(11(15)14-13-9)3-2-4-8(10)12-6/h2-5,13H,1H3,(H,14,15). The Bertz CT molecular complexity index is 577. The number of nitrogens with zero attached hydrogens (tertiary/aromatic N) is 1. The van der Waals surface area contributed by atoms with E-state index >= 15 is 0 Å². The van der Waals surface area contributed by atoms with Gasteiger partial charge in [-0.3, -0.25) is 20.6 Å². The molecule has 15 heavy (non-hydrogen) atoms. The first-order valence-electron chi connectivity index (χ1n) is 4.72. The zero-order chi connectivity index (χ0) is 10.4. The van der Waals surface area contributed by atoms with Gasteiger partial charge >= 0.3 is 0 Å². The van der Waals surface area contributed by atoms with E-state index in [9.17, 15) is 4.79 Å². The average Bonchev–Trinajstić information content (AvgIpc) is 2.23. The van der Waals surface area contributed by atoms with Crippen LogP contribution in [-0.2, 0) is 0 Å². The summed E-state index contributed by atoms with van der Waals surface area (Å²) in [5.74, 6) is -0.112. The van der Waals surface area contributed by atoms with Gasteiger partial charge in [0.1, 0.15) is 0 Å². The van der Waals surface area contributed by atoms with E-state index < -0.39 is 0 Å². The lowest BCUT2D eigenvalue weighted by molar-refractivity contribution is 0.0962. The van der Waals surface area contributed by atoms with Gasteiger partial charge in [0.2, 0.25) is 0 Å². The number of hydrogen-bond acceptors (Lipinski definition) is 3. The van der Waals surface area contributed by atoms with E-state index in [1.54, 1.807) is 6.07 Å². The van der Waals surface area contributed by atoms with Gasteiger partial charge in [-0.1, -0.05) is 6.07 Å². The van der Waals surface area contributed by atoms with Gasteiger partial charge in [0, 0.05) is 11.1 Å². The van der Waals surface area contributed by atoms with Gasteiger partial charge < -0.3 is 0 Å². The molecule has 0 unspecified atom stereocenters. The number of carbonyl (C=O) groups excluding carboxylic acids is 1. The highest BCUT2D eigenvalue weighted by Crippen LogP contribution is 2.28. The van der Waals surface area contributed by atoms with Gasteiger partial charge in [-0.05, 0) is 25.1 Å². The van der Waals surface area contributed by atoms with Crippen molar-refractivity contribution in [3.8, 4) is 0 Å². The Morgan fingerprint density at radius 3 is 3.00 bits per heavy atom. The predicted molar refractivity (Wildman–Crippen MR) is 57.6 cm³/mol. The number of aryl methyl sites for hydroxylation is 1. The smallest absolute Gasteiger partial charge is 0.270 e. The van der Waals surface area contributed by atoms with E-state index in [1.807, 2.05) is 25.1 Å². The molecule has 0 atom stereocenters. The Morgan fingerprint density at radius 2 is 2.13 bits per heavy atom. The molecule has 0 bridgehead atoms. The number of amides is 1. The topological polar surface area (TPSA) is 54.0 Å². The van der Waals surface area contributed by atoms with Crippen molar-refractivity contribution in [2.45, 2.75) is 6.92 Å². The number of pyridine rings is 1. The van der Waals surface area contributed by atoms with Crippen LogP contribution in [0.5, 0.6) is 0 Å². The Hall–Kier alpha value is -2.10. The summed E-state index contributed by atoms with van der Waals surface area (Å²) in [6.07, 6.45) is 0. The van der Waals surface area contributed by atoms with Crippen LogP contribution < -0.4 is 10.9 Å². The maximum Gasteiger partial charge on any atom is 0.270 e. The molecule has 3 rings (SSSR count). The van der Waals surface area contributed by atoms with Crippen LogP contribution in [0.1, 0.15) is 16.1 Å². The summed E-state index contributed by atoms with van der Waals surface area (Å²) < 4.78 is 0. The molecule has 0 fully saturated rings. The van der Waals surface area contributed by atoms with Crippen LogP contribution in [0.25, 0.3) is 10.9 Å². The van der Waals surface area contributed by atoms with E-state index in [0.717, 1.165) is 22.3 Å². The van der Waals surface area contributed by atoms with E-state index in [1.165, 1.54) is 0 Å². The average molecular weight is 199 g/mol. The molecule has 0 radical (unpaired) electrons. The van der Waals surface area contributed by atoms with Crippen LogP contribution in [0.2, 0.25) is 0 Å². The van der Waals surface area contributed by atoms with Gasteiger partial charge in [0.15, 0.2) is 0 Å². The number of benzene rings is 1. The molecule has 2 N–H and O–H groups in total. The SMILES string of the molecule is Cc1cc2c3c(cccc3n1)C(=O)NN2. The third-order valence-corrected chi connectivity index (χ3v) is 2.52. The van der Waals surface area contributed by atoms with Gasteiger partial charge in [0.05, 0.1) is 16.8 Å². The first-order chi connectivity index (χ1) is 7.25. The predicted octanol–water partition coefficient (Wildman–Crippen LogP) is 1.61. The second-order valence-corrected chi connectivity index (χ2v) is 3.59. The lowest BCUT2D eigenvalue weighted by Crippen LogP contribution is -2.33. The molecule has 0 saturated carbocycles. The molecular weight excluding hydrogens is 190 g/mol. The highest BCUT2D eigenvalue weighted by Gasteiger charge is 2.18. The monoisotopic (exact) mass is 199 g/mol. The lowest BCUT2D eigenvalue weighted by atomic mass is 10.0. The molecule has 0 saturated heterocycles. The molecule has 4 heteroatoms. The fourth-order valence-corrected chi connectivity index (χ4v) is 1.90. The minimum atomic E-state index is -0.112. The number of hydrazine groups is 1. The van der Waals surface area contributed by atoms with Crippen molar-refractivity contribution in [1.29, 1.82) is 0 Å². The molecule has 0 spiro atoms. The van der Waals surface area contributed by atoms with Crippen molar-refractivity contribution in [2.24, 2.45) is 0 Å². The first kappa shape index (κ1) is 8.23. The van der Waals surface area contributed by atoms with Crippen molar-refractivity contribution in [1.82, 2.24) is 10.4 Å². The van der Waals surface area contributed by atoms with Crippen LogP contribution in [0.4, 0.5) is 5.69 Å². The Balaban J connectivity index is 2.50. The zero-order valence-corrected chi connectivity index (χ0v) is 8.16. The molecule has 1 amide bonds. The molecule has 4 nitrogen and oxygen atoms in total. The summed E-state index contributed by atoms with van der Waals surface area (Å²) in [6.45, 7) is 1.93. The van der Waals surface area contributed by atoms with Crippen molar-refractivity contribution < 1.29 is 4.79 Å². The second-order valence-electron chi connectivity index (χ2n) is 3.59. The van der Waals surface area contributed by atoms with E-state index in [0.29, 0.717) is 5.56 Å². The highest BCUT2D eigenvalue weighted by atomic mass is 16.2. The zero-order valence-electron chi connectivity index (χ0n) is 8.16. The normalized spacial score (nSPS) is 13.5. The summed E-state index contributed by atoms with van der Waals surface area (Å²) >= 11 is 0. The number of carbonyl (C=O) groups is 1. The van der Waals surface area contributed by atoms with Crippen LogP contribution in [0, 0.1) is 6.92 Å². The Kier molecular flexibility index (Phi) is 1.48.